The molecule has 15 heavy (non-hydrogen) atoms. The molecule has 5 nitrogen and oxygen atoms in total. The second-order valence-corrected chi connectivity index (χ2v) is 4.26. The van der Waals surface area contributed by atoms with Crippen molar-refractivity contribution >= 4 is 5.97 Å². The lowest BCUT2D eigenvalue weighted by molar-refractivity contribution is -0.155. The second-order valence-electron chi connectivity index (χ2n) is 4.26. The molecule has 0 radical (unpaired) electrons. The van der Waals surface area contributed by atoms with Gasteiger partial charge in [-0.15, -0.1) is 0 Å². The number of imidazole rings is 1. The summed E-state index contributed by atoms with van der Waals surface area (Å²) in [6, 6.07) is 0. The van der Waals surface area contributed by atoms with Crippen LogP contribution in [-0.4, -0.2) is 21.1 Å². The molecule has 1 aromatic rings. The number of nitrogens with zero attached hydrogens (tertiary/aromatic N) is 2. The van der Waals surface area contributed by atoms with Crippen LogP contribution < -0.4 is 5.73 Å². The molecule has 0 aliphatic rings. The molecule has 84 valence electrons. The van der Waals surface area contributed by atoms with Crippen molar-refractivity contribution in [1.82, 2.24) is 9.55 Å². The van der Waals surface area contributed by atoms with Gasteiger partial charge in [0.05, 0.1) is 6.54 Å². The van der Waals surface area contributed by atoms with E-state index < -0.39 is 5.60 Å². The van der Waals surface area contributed by atoms with Gasteiger partial charge in [-0.3, -0.25) is 4.79 Å². The predicted octanol–water partition coefficient (Wildman–Crippen LogP) is 0.684. The maximum Gasteiger partial charge on any atom is 0.326 e. The lowest BCUT2D eigenvalue weighted by atomic mass is 10.2. The quantitative estimate of drug-likeness (QED) is 0.746. The highest BCUT2D eigenvalue weighted by Gasteiger charge is 2.17. The third-order valence-corrected chi connectivity index (χ3v) is 1.70. The number of aromatic nitrogens is 2. The summed E-state index contributed by atoms with van der Waals surface area (Å²) in [4.78, 5) is 15.5. The molecule has 0 fully saturated rings. The van der Waals surface area contributed by atoms with Crippen LogP contribution in [0, 0.1) is 0 Å². The Labute approximate surface area is 89.2 Å². The lowest BCUT2D eigenvalue weighted by Crippen LogP contribution is -2.27. The molecule has 1 rings (SSSR count). The van der Waals surface area contributed by atoms with Crippen LogP contribution in [0.3, 0.4) is 0 Å². The van der Waals surface area contributed by atoms with Crippen molar-refractivity contribution in [2.75, 3.05) is 0 Å². The zero-order valence-corrected chi connectivity index (χ0v) is 9.36. The fourth-order valence-electron chi connectivity index (χ4n) is 1.19. The van der Waals surface area contributed by atoms with Crippen molar-refractivity contribution in [2.24, 2.45) is 5.73 Å². The normalized spacial score (nSPS) is 11.5. The Hall–Kier alpha value is -1.36. The molecule has 0 amide bonds. The van der Waals surface area contributed by atoms with E-state index in [2.05, 4.69) is 4.98 Å². The van der Waals surface area contributed by atoms with E-state index in [4.69, 9.17) is 10.5 Å². The number of carbonyl (C=O) groups is 1. The van der Waals surface area contributed by atoms with Gasteiger partial charge < -0.3 is 15.0 Å². The molecule has 2 N–H and O–H groups in total. The zero-order valence-electron chi connectivity index (χ0n) is 9.36. The van der Waals surface area contributed by atoms with Gasteiger partial charge in [-0.2, -0.15) is 0 Å². The summed E-state index contributed by atoms with van der Waals surface area (Å²) in [6.07, 6.45) is 3.33. The number of hydrogen-bond acceptors (Lipinski definition) is 4. The van der Waals surface area contributed by atoms with Crippen molar-refractivity contribution in [2.45, 2.75) is 39.5 Å². The average molecular weight is 211 g/mol. The maximum absolute atomic E-state index is 11.5. The predicted molar refractivity (Wildman–Crippen MR) is 56.0 cm³/mol. The number of nitrogens with two attached hydrogens (primary N) is 1. The molecule has 5 heteroatoms. The van der Waals surface area contributed by atoms with E-state index in [-0.39, 0.29) is 12.5 Å². The molecule has 0 saturated carbocycles. The highest BCUT2D eigenvalue weighted by atomic mass is 16.6. The first kappa shape index (κ1) is 11.7. The van der Waals surface area contributed by atoms with E-state index in [1.807, 2.05) is 20.8 Å². The van der Waals surface area contributed by atoms with Gasteiger partial charge in [-0.25, -0.2) is 4.98 Å². The van der Waals surface area contributed by atoms with Gasteiger partial charge in [0.1, 0.15) is 18.0 Å². The average Bonchev–Trinajstić information content (AvgIpc) is 2.48. The molecule has 0 bridgehead atoms. The number of carbonyl (C=O) groups excluding carboxylic acids is 1. The minimum Gasteiger partial charge on any atom is -0.459 e. The summed E-state index contributed by atoms with van der Waals surface area (Å²) < 4.78 is 6.87. The fourth-order valence-corrected chi connectivity index (χ4v) is 1.19. The molecule has 0 unspecified atom stereocenters. The Morgan fingerprint density at radius 1 is 1.60 bits per heavy atom. The van der Waals surface area contributed by atoms with Crippen molar-refractivity contribution in [3.05, 3.63) is 18.2 Å². The molecule has 0 aromatic carbocycles. The molecule has 0 saturated heterocycles. The summed E-state index contributed by atoms with van der Waals surface area (Å²) in [6.45, 7) is 5.98. The topological polar surface area (TPSA) is 70.1 Å². The third-order valence-electron chi connectivity index (χ3n) is 1.70. The molecular weight excluding hydrogens is 194 g/mol. The standard InChI is InChI=1S/C10H17N3O2/c1-10(2,3)15-9(14)7-13-5-4-12-8(13)6-11/h4-5H,6-7,11H2,1-3H3. The molecular formula is C10H17N3O2. The Morgan fingerprint density at radius 3 is 2.80 bits per heavy atom. The summed E-state index contributed by atoms with van der Waals surface area (Å²) >= 11 is 0. The highest BCUT2D eigenvalue weighted by molar-refractivity contribution is 5.69. The van der Waals surface area contributed by atoms with Crippen LogP contribution >= 0.6 is 0 Å². The van der Waals surface area contributed by atoms with E-state index >= 15 is 0 Å². The SMILES string of the molecule is CC(C)(C)OC(=O)Cn1ccnc1CN. The Bertz CT molecular complexity index is 339. The first-order valence-electron chi connectivity index (χ1n) is 4.84. The monoisotopic (exact) mass is 211 g/mol. The van der Waals surface area contributed by atoms with E-state index in [0.717, 1.165) is 0 Å². The Balaban J connectivity index is 2.59. The molecule has 0 aliphatic heterocycles. The van der Waals surface area contributed by atoms with Gasteiger partial charge in [-0.05, 0) is 20.8 Å². The molecule has 1 heterocycles. The largest absolute Gasteiger partial charge is 0.459 e. The Morgan fingerprint density at radius 2 is 2.27 bits per heavy atom. The van der Waals surface area contributed by atoms with Crippen LogP contribution in [0.2, 0.25) is 0 Å². The van der Waals surface area contributed by atoms with Gasteiger partial charge in [-0.1, -0.05) is 0 Å². The first-order valence-corrected chi connectivity index (χ1v) is 4.84. The van der Waals surface area contributed by atoms with Crippen LogP contribution in [0.4, 0.5) is 0 Å². The molecule has 1 aromatic heterocycles. The summed E-state index contributed by atoms with van der Waals surface area (Å²) in [5.74, 6) is 0.399. The second kappa shape index (κ2) is 4.44. The smallest absolute Gasteiger partial charge is 0.326 e. The summed E-state index contributed by atoms with van der Waals surface area (Å²) in [5.41, 5.74) is 5.00. The Kier molecular flexibility index (Phi) is 3.47. The van der Waals surface area contributed by atoms with Crippen molar-refractivity contribution in [3.8, 4) is 0 Å². The minimum atomic E-state index is -0.458. The van der Waals surface area contributed by atoms with Crippen LogP contribution in [-0.2, 0) is 22.6 Å². The molecule has 0 spiro atoms. The van der Waals surface area contributed by atoms with Gasteiger partial charge in [0.15, 0.2) is 0 Å². The minimum absolute atomic E-state index is 0.157. The zero-order chi connectivity index (χ0) is 11.5. The maximum atomic E-state index is 11.5. The van der Waals surface area contributed by atoms with E-state index in [0.29, 0.717) is 12.4 Å². The van der Waals surface area contributed by atoms with Gasteiger partial charge in [0, 0.05) is 12.4 Å². The van der Waals surface area contributed by atoms with Crippen LogP contribution in [0.15, 0.2) is 12.4 Å². The highest BCUT2D eigenvalue weighted by Crippen LogP contribution is 2.08. The molecule has 0 aliphatic carbocycles. The van der Waals surface area contributed by atoms with Gasteiger partial charge in [0.2, 0.25) is 0 Å². The van der Waals surface area contributed by atoms with Crippen LogP contribution in [0.5, 0.6) is 0 Å². The van der Waals surface area contributed by atoms with Crippen molar-refractivity contribution in [3.63, 3.8) is 0 Å². The number of hydrogen-bond donors (Lipinski definition) is 1. The van der Waals surface area contributed by atoms with Crippen LogP contribution in [0.25, 0.3) is 0 Å². The van der Waals surface area contributed by atoms with E-state index in [9.17, 15) is 4.79 Å². The van der Waals surface area contributed by atoms with Gasteiger partial charge >= 0.3 is 5.97 Å². The van der Waals surface area contributed by atoms with Crippen molar-refractivity contribution in [1.29, 1.82) is 0 Å². The van der Waals surface area contributed by atoms with E-state index in [1.54, 1.807) is 17.0 Å². The van der Waals surface area contributed by atoms with Crippen molar-refractivity contribution < 1.29 is 9.53 Å². The third kappa shape index (κ3) is 3.71. The van der Waals surface area contributed by atoms with E-state index in [1.165, 1.54) is 0 Å². The van der Waals surface area contributed by atoms with Crippen LogP contribution in [0.1, 0.15) is 26.6 Å². The summed E-state index contributed by atoms with van der Waals surface area (Å²) in [7, 11) is 0. The number of esters is 1. The lowest BCUT2D eigenvalue weighted by Gasteiger charge is -2.19. The first-order chi connectivity index (χ1) is 6.92. The summed E-state index contributed by atoms with van der Waals surface area (Å²) in [5, 5.41) is 0. The molecule has 0 atom stereocenters. The number of rotatable bonds is 3. The fraction of sp³-hybridized carbons (Fsp3) is 0.600. The van der Waals surface area contributed by atoms with Gasteiger partial charge in [0.25, 0.3) is 0 Å². The number of ether oxygens (including phenoxy) is 1.